The lowest BCUT2D eigenvalue weighted by atomic mass is 10.1. The number of benzene rings is 2. The molecule has 3 heteroatoms. The third kappa shape index (κ3) is 2.55. The van der Waals surface area contributed by atoms with Gasteiger partial charge in [0.05, 0.1) is 5.52 Å². The highest BCUT2D eigenvalue weighted by molar-refractivity contribution is 5.90. The van der Waals surface area contributed by atoms with Crippen LogP contribution in [0.3, 0.4) is 0 Å². The average Bonchev–Trinajstić information content (AvgIpc) is 2.47. The molecule has 0 aliphatic rings. The molecule has 0 amide bonds. The van der Waals surface area contributed by atoms with Crippen LogP contribution in [-0.2, 0) is 6.54 Å². The minimum atomic E-state index is -0.210. The summed E-state index contributed by atoms with van der Waals surface area (Å²) >= 11 is 0. The molecule has 0 aliphatic carbocycles. The maximum Gasteiger partial charge on any atom is 0.123 e. The van der Waals surface area contributed by atoms with Gasteiger partial charge in [0, 0.05) is 23.8 Å². The fraction of sp³-hybridized carbons (Fsp3) is 0.0625. The van der Waals surface area contributed by atoms with E-state index in [0.29, 0.717) is 6.54 Å². The van der Waals surface area contributed by atoms with Gasteiger partial charge in [-0.05, 0) is 29.8 Å². The van der Waals surface area contributed by atoms with Crippen molar-refractivity contribution in [2.45, 2.75) is 6.54 Å². The van der Waals surface area contributed by atoms with Crippen molar-refractivity contribution in [2.75, 3.05) is 5.32 Å². The molecule has 0 saturated carbocycles. The van der Waals surface area contributed by atoms with Crippen molar-refractivity contribution in [3.8, 4) is 0 Å². The van der Waals surface area contributed by atoms with Gasteiger partial charge in [-0.3, -0.25) is 4.98 Å². The molecule has 0 bridgehead atoms. The van der Waals surface area contributed by atoms with Gasteiger partial charge in [0.25, 0.3) is 0 Å². The summed E-state index contributed by atoms with van der Waals surface area (Å²) < 4.78 is 12.8. The molecule has 0 aliphatic heterocycles. The van der Waals surface area contributed by atoms with Gasteiger partial charge in [-0.2, -0.15) is 0 Å². The van der Waals surface area contributed by atoms with Crippen LogP contribution in [0.5, 0.6) is 0 Å². The predicted octanol–water partition coefficient (Wildman–Crippen LogP) is 3.99. The van der Waals surface area contributed by atoms with Gasteiger partial charge in [-0.15, -0.1) is 0 Å². The number of aromatic nitrogens is 1. The zero-order valence-corrected chi connectivity index (χ0v) is 10.3. The number of fused-ring (bicyclic) bond motifs is 1. The molecule has 0 radical (unpaired) electrons. The highest BCUT2D eigenvalue weighted by Crippen LogP contribution is 2.21. The Morgan fingerprint density at radius 1 is 0.947 bits per heavy atom. The van der Waals surface area contributed by atoms with Crippen LogP contribution in [0, 0.1) is 5.82 Å². The number of nitrogens with one attached hydrogen (secondary N) is 1. The number of halogens is 1. The van der Waals surface area contributed by atoms with Crippen molar-refractivity contribution in [1.29, 1.82) is 0 Å². The maximum absolute atomic E-state index is 12.8. The molecule has 94 valence electrons. The summed E-state index contributed by atoms with van der Waals surface area (Å²) in [6.45, 7) is 0.661. The molecule has 1 N–H and O–H groups in total. The first-order valence-corrected chi connectivity index (χ1v) is 6.15. The normalized spacial score (nSPS) is 10.6. The Morgan fingerprint density at radius 3 is 2.58 bits per heavy atom. The molecule has 2 aromatic carbocycles. The molecule has 2 nitrogen and oxygen atoms in total. The van der Waals surface area contributed by atoms with E-state index < -0.39 is 0 Å². The first-order chi connectivity index (χ1) is 9.33. The second-order valence-electron chi connectivity index (χ2n) is 4.36. The quantitative estimate of drug-likeness (QED) is 0.762. The van der Waals surface area contributed by atoms with Crippen molar-refractivity contribution in [3.63, 3.8) is 0 Å². The topological polar surface area (TPSA) is 24.9 Å². The monoisotopic (exact) mass is 252 g/mol. The van der Waals surface area contributed by atoms with E-state index in [1.807, 2.05) is 30.3 Å². The molecule has 1 heterocycles. The number of para-hydroxylation sites is 1. The lowest BCUT2D eigenvalue weighted by molar-refractivity contribution is 0.627. The zero-order valence-electron chi connectivity index (χ0n) is 10.3. The third-order valence-electron chi connectivity index (χ3n) is 3.05. The Labute approximate surface area is 110 Å². The first kappa shape index (κ1) is 11.7. The van der Waals surface area contributed by atoms with Crippen molar-refractivity contribution in [3.05, 3.63) is 72.2 Å². The van der Waals surface area contributed by atoms with Crippen LogP contribution in [0.15, 0.2) is 60.8 Å². The van der Waals surface area contributed by atoms with Gasteiger partial charge < -0.3 is 5.32 Å². The summed E-state index contributed by atoms with van der Waals surface area (Å²) in [5.74, 6) is -0.210. The number of rotatable bonds is 3. The zero-order chi connectivity index (χ0) is 13.1. The summed E-state index contributed by atoms with van der Waals surface area (Å²) in [6, 6.07) is 16.5. The molecule has 0 fully saturated rings. The number of anilines is 1. The molecule has 0 saturated heterocycles. The van der Waals surface area contributed by atoms with Crippen LogP contribution in [0.2, 0.25) is 0 Å². The molecule has 1 aromatic heterocycles. The Bertz CT molecular complexity index is 687. The summed E-state index contributed by atoms with van der Waals surface area (Å²) in [7, 11) is 0. The molecular weight excluding hydrogens is 239 g/mol. The van der Waals surface area contributed by atoms with E-state index in [9.17, 15) is 4.39 Å². The molecule has 0 unspecified atom stereocenters. The van der Waals surface area contributed by atoms with Crippen molar-refractivity contribution >= 4 is 16.6 Å². The molecule has 3 rings (SSSR count). The SMILES string of the molecule is Fc1ccc(CNc2ccnc3ccccc23)cc1. The molecular formula is C16H13FN2. The largest absolute Gasteiger partial charge is 0.380 e. The van der Waals surface area contributed by atoms with Crippen LogP contribution in [0.1, 0.15) is 5.56 Å². The van der Waals surface area contributed by atoms with E-state index in [4.69, 9.17) is 0 Å². The Kier molecular flexibility index (Phi) is 3.11. The smallest absolute Gasteiger partial charge is 0.123 e. The van der Waals surface area contributed by atoms with Crippen molar-refractivity contribution in [1.82, 2.24) is 4.98 Å². The molecule has 0 spiro atoms. The van der Waals surface area contributed by atoms with Gasteiger partial charge in [0.15, 0.2) is 0 Å². The third-order valence-corrected chi connectivity index (χ3v) is 3.05. The molecule has 3 aromatic rings. The Balaban J connectivity index is 1.84. The number of pyridine rings is 1. The lowest BCUT2D eigenvalue weighted by Crippen LogP contribution is -2.00. The van der Waals surface area contributed by atoms with Crippen LogP contribution >= 0.6 is 0 Å². The van der Waals surface area contributed by atoms with Gasteiger partial charge in [-0.25, -0.2) is 4.39 Å². The van der Waals surface area contributed by atoms with Crippen LogP contribution in [0.4, 0.5) is 10.1 Å². The highest BCUT2D eigenvalue weighted by atomic mass is 19.1. The first-order valence-electron chi connectivity index (χ1n) is 6.15. The summed E-state index contributed by atoms with van der Waals surface area (Å²) in [5, 5.41) is 4.45. The van der Waals surface area contributed by atoms with Gasteiger partial charge in [0.1, 0.15) is 5.82 Å². The van der Waals surface area contributed by atoms with E-state index in [1.54, 1.807) is 18.3 Å². The molecule has 0 atom stereocenters. The van der Waals surface area contributed by atoms with E-state index in [2.05, 4.69) is 10.3 Å². The Morgan fingerprint density at radius 2 is 1.74 bits per heavy atom. The summed E-state index contributed by atoms with van der Waals surface area (Å²) in [5.41, 5.74) is 3.05. The lowest BCUT2D eigenvalue weighted by Gasteiger charge is -2.09. The van der Waals surface area contributed by atoms with E-state index in [1.165, 1.54) is 12.1 Å². The van der Waals surface area contributed by atoms with Gasteiger partial charge in [0.2, 0.25) is 0 Å². The highest BCUT2D eigenvalue weighted by Gasteiger charge is 2.01. The van der Waals surface area contributed by atoms with Crippen LogP contribution in [0.25, 0.3) is 10.9 Å². The van der Waals surface area contributed by atoms with E-state index >= 15 is 0 Å². The van der Waals surface area contributed by atoms with Crippen molar-refractivity contribution in [2.24, 2.45) is 0 Å². The minimum Gasteiger partial charge on any atom is -0.380 e. The van der Waals surface area contributed by atoms with E-state index in [0.717, 1.165) is 22.2 Å². The number of nitrogens with zero attached hydrogens (tertiary/aromatic N) is 1. The Hall–Kier alpha value is -2.42. The standard InChI is InChI=1S/C16H13FN2/c17-13-7-5-12(6-8-13)11-19-16-9-10-18-15-4-2-1-3-14(15)16/h1-10H,11H2,(H,18,19). The second-order valence-corrected chi connectivity index (χ2v) is 4.36. The summed E-state index contributed by atoms with van der Waals surface area (Å²) in [6.07, 6.45) is 1.79. The van der Waals surface area contributed by atoms with Crippen LogP contribution < -0.4 is 5.32 Å². The van der Waals surface area contributed by atoms with Crippen molar-refractivity contribution < 1.29 is 4.39 Å². The van der Waals surface area contributed by atoms with Gasteiger partial charge >= 0.3 is 0 Å². The fourth-order valence-electron chi connectivity index (χ4n) is 2.05. The number of hydrogen-bond acceptors (Lipinski definition) is 2. The van der Waals surface area contributed by atoms with Gasteiger partial charge in [-0.1, -0.05) is 30.3 Å². The minimum absolute atomic E-state index is 0.210. The number of hydrogen-bond donors (Lipinski definition) is 1. The molecule has 19 heavy (non-hydrogen) atoms. The average molecular weight is 252 g/mol. The predicted molar refractivity (Wildman–Crippen MR) is 75.5 cm³/mol. The maximum atomic E-state index is 12.8. The fourth-order valence-corrected chi connectivity index (χ4v) is 2.05. The van der Waals surface area contributed by atoms with E-state index in [-0.39, 0.29) is 5.82 Å². The second kappa shape index (κ2) is 5.06. The van der Waals surface area contributed by atoms with Crippen LogP contribution in [-0.4, -0.2) is 4.98 Å². The summed E-state index contributed by atoms with van der Waals surface area (Å²) in [4.78, 5) is 4.32.